The molecule has 0 aromatic heterocycles. The molecular formula is C12H11BrN2O3. The summed E-state index contributed by atoms with van der Waals surface area (Å²) < 4.78 is 0.919. The van der Waals surface area contributed by atoms with Gasteiger partial charge in [-0.05, 0) is 24.6 Å². The first kappa shape index (κ1) is 12.8. The standard InChI is InChI=1S/C12H11BrN2O3/c1-7(8-2-4-9(13)5-3-8)15-11(17)6-10(16)14-12(15)18/h2-5,7H,6H2,1H3,(H,14,16,18). The van der Waals surface area contributed by atoms with Crippen molar-refractivity contribution in [1.82, 2.24) is 10.2 Å². The molecule has 0 radical (unpaired) electrons. The smallest absolute Gasteiger partial charge is 0.277 e. The average Bonchev–Trinajstić information content (AvgIpc) is 2.28. The fourth-order valence-electron chi connectivity index (χ4n) is 1.84. The van der Waals surface area contributed by atoms with Crippen LogP contribution in [0.4, 0.5) is 4.79 Å². The van der Waals surface area contributed by atoms with Gasteiger partial charge in [-0.25, -0.2) is 4.79 Å². The van der Waals surface area contributed by atoms with Crippen molar-refractivity contribution in [3.8, 4) is 0 Å². The maximum absolute atomic E-state index is 11.7. The van der Waals surface area contributed by atoms with Crippen LogP contribution in [-0.2, 0) is 9.59 Å². The summed E-state index contributed by atoms with van der Waals surface area (Å²) in [5.74, 6) is -1.02. The number of barbiturate groups is 1. The van der Waals surface area contributed by atoms with E-state index in [0.29, 0.717) is 0 Å². The molecule has 1 unspecified atom stereocenters. The van der Waals surface area contributed by atoms with E-state index in [1.807, 2.05) is 24.3 Å². The van der Waals surface area contributed by atoms with E-state index < -0.39 is 23.9 Å². The molecule has 1 aliphatic rings. The van der Waals surface area contributed by atoms with Gasteiger partial charge in [-0.3, -0.25) is 19.8 Å². The van der Waals surface area contributed by atoms with Gasteiger partial charge in [-0.1, -0.05) is 28.1 Å². The average molecular weight is 311 g/mol. The number of urea groups is 1. The Labute approximate surface area is 112 Å². The van der Waals surface area contributed by atoms with Gasteiger partial charge in [0.1, 0.15) is 6.42 Å². The molecule has 0 bridgehead atoms. The van der Waals surface area contributed by atoms with Crippen LogP contribution in [-0.4, -0.2) is 22.7 Å². The van der Waals surface area contributed by atoms with E-state index in [1.165, 1.54) is 0 Å². The molecule has 5 nitrogen and oxygen atoms in total. The van der Waals surface area contributed by atoms with E-state index in [1.54, 1.807) is 6.92 Å². The van der Waals surface area contributed by atoms with Gasteiger partial charge in [0, 0.05) is 4.47 Å². The van der Waals surface area contributed by atoms with Crippen molar-refractivity contribution < 1.29 is 14.4 Å². The Morgan fingerprint density at radius 2 is 1.83 bits per heavy atom. The number of hydrogen-bond donors (Lipinski definition) is 1. The van der Waals surface area contributed by atoms with Gasteiger partial charge in [0.2, 0.25) is 11.8 Å². The second-order valence-electron chi connectivity index (χ2n) is 4.02. The molecule has 1 aromatic carbocycles. The fraction of sp³-hybridized carbons (Fsp3) is 0.250. The van der Waals surface area contributed by atoms with E-state index in [2.05, 4.69) is 21.2 Å². The maximum Gasteiger partial charge on any atom is 0.331 e. The highest BCUT2D eigenvalue weighted by molar-refractivity contribution is 9.10. The number of carbonyl (C=O) groups is 3. The minimum absolute atomic E-state index is 0.285. The zero-order chi connectivity index (χ0) is 13.3. The number of imide groups is 2. The second-order valence-corrected chi connectivity index (χ2v) is 4.94. The topological polar surface area (TPSA) is 66.5 Å². The van der Waals surface area contributed by atoms with Gasteiger partial charge in [-0.2, -0.15) is 0 Å². The molecule has 1 aromatic rings. The number of halogens is 1. The molecule has 1 saturated heterocycles. The van der Waals surface area contributed by atoms with Crippen molar-refractivity contribution in [3.05, 3.63) is 34.3 Å². The van der Waals surface area contributed by atoms with E-state index in [-0.39, 0.29) is 6.42 Å². The largest absolute Gasteiger partial charge is 0.331 e. The van der Waals surface area contributed by atoms with Crippen molar-refractivity contribution in [2.45, 2.75) is 19.4 Å². The monoisotopic (exact) mass is 310 g/mol. The van der Waals surface area contributed by atoms with Crippen LogP contribution in [0.15, 0.2) is 28.7 Å². The molecule has 0 spiro atoms. The molecule has 1 aliphatic heterocycles. The van der Waals surface area contributed by atoms with Gasteiger partial charge in [0.25, 0.3) is 0 Å². The number of nitrogens with zero attached hydrogens (tertiary/aromatic N) is 1. The first-order valence-corrected chi connectivity index (χ1v) is 6.19. The van der Waals surface area contributed by atoms with E-state index >= 15 is 0 Å². The van der Waals surface area contributed by atoms with Crippen molar-refractivity contribution in [3.63, 3.8) is 0 Å². The summed E-state index contributed by atoms with van der Waals surface area (Å²) in [6.45, 7) is 1.75. The molecule has 0 saturated carbocycles. The van der Waals surface area contributed by atoms with Gasteiger partial charge >= 0.3 is 6.03 Å². The third-order valence-corrected chi connectivity index (χ3v) is 3.31. The predicted octanol–water partition coefficient (Wildman–Crippen LogP) is 1.98. The van der Waals surface area contributed by atoms with Gasteiger partial charge < -0.3 is 0 Å². The Balaban J connectivity index is 2.25. The Kier molecular flexibility index (Phi) is 3.47. The van der Waals surface area contributed by atoms with Crippen LogP contribution in [0.2, 0.25) is 0 Å². The third-order valence-electron chi connectivity index (χ3n) is 2.79. The van der Waals surface area contributed by atoms with Crippen LogP contribution >= 0.6 is 15.9 Å². The van der Waals surface area contributed by atoms with Crippen molar-refractivity contribution in [1.29, 1.82) is 0 Å². The second kappa shape index (κ2) is 4.89. The minimum atomic E-state index is -0.660. The molecular weight excluding hydrogens is 300 g/mol. The number of hydrogen-bond acceptors (Lipinski definition) is 3. The summed E-state index contributed by atoms with van der Waals surface area (Å²) in [6.07, 6.45) is -0.285. The van der Waals surface area contributed by atoms with Gasteiger partial charge in [0.05, 0.1) is 6.04 Å². The molecule has 1 N–H and O–H groups in total. The first-order chi connectivity index (χ1) is 8.49. The quantitative estimate of drug-likeness (QED) is 0.849. The number of benzene rings is 1. The molecule has 1 fully saturated rings. The summed E-state index contributed by atoms with van der Waals surface area (Å²) >= 11 is 3.32. The lowest BCUT2D eigenvalue weighted by Gasteiger charge is -2.30. The number of carbonyl (C=O) groups excluding carboxylic acids is 3. The molecule has 18 heavy (non-hydrogen) atoms. The lowest BCUT2D eigenvalue weighted by atomic mass is 10.1. The third kappa shape index (κ3) is 2.43. The maximum atomic E-state index is 11.7. The Bertz CT molecular complexity index is 493. The van der Waals surface area contributed by atoms with Crippen LogP contribution in [0.3, 0.4) is 0 Å². The summed E-state index contributed by atoms with van der Waals surface area (Å²) in [7, 11) is 0. The van der Waals surface area contributed by atoms with E-state index in [0.717, 1.165) is 14.9 Å². The molecule has 2 rings (SSSR count). The Morgan fingerprint density at radius 1 is 1.22 bits per heavy atom. The lowest BCUT2D eigenvalue weighted by molar-refractivity contribution is -0.137. The van der Waals surface area contributed by atoms with E-state index in [9.17, 15) is 14.4 Å². The van der Waals surface area contributed by atoms with Crippen LogP contribution in [0.1, 0.15) is 24.9 Å². The van der Waals surface area contributed by atoms with Crippen LogP contribution in [0.5, 0.6) is 0 Å². The molecule has 94 valence electrons. The zero-order valence-corrected chi connectivity index (χ0v) is 11.2. The van der Waals surface area contributed by atoms with Gasteiger partial charge in [0.15, 0.2) is 0 Å². The zero-order valence-electron chi connectivity index (χ0n) is 9.64. The summed E-state index contributed by atoms with van der Waals surface area (Å²) in [5, 5.41) is 2.14. The highest BCUT2D eigenvalue weighted by Gasteiger charge is 2.34. The van der Waals surface area contributed by atoms with Gasteiger partial charge in [-0.15, -0.1) is 0 Å². The molecule has 4 amide bonds. The van der Waals surface area contributed by atoms with Crippen LogP contribution < -0.4 is 5.32 Å². The summed E-state index contributed by atoms with van der Waals surface area (Å²) in [4.78, 5) is 35.5. The molecule has 6 heteroatoms. The number of amides is 4. The number of nitrogens with one attached hydrogen (secondary N) is 1. The Morgan fingerprint density at radius 3 is 2.39 bits per heavy atom. The van der Waals surface area contributed by atoms with Crippen molar-refractivity contribution >= 4 is 33.8 Å². The fourth-order valence-corrected chi connectivity index (χ4v) is 2.11. The van der Waals surface area contributed by atoms with Crippen molar-refractivity contribution in [2.75, 3.05) is 0 Å². The minimum Gasteiger partial charge on any atom is -0.277 e. The lowest BCUT2D eigenvalue weighted by Crippen LogP contribution is -2.53. The molecule has 1 atom stereocenters. The normalized spacial score (nSPS) is 17.7. The SMILES string of the molecule is CC(c1ccc(Br)cc1)N1C(=O)CC(=O)NC1=O. The van der Waals surface area contributed by atoms with E-state index in [4.69, 9.17) is 0 Å². The number of rotatable bonds is 2. The Hall–Kier alpha value is -1.69. The predicted molar refractivity (Wildman–Crippen MR) is 67.6 cm³/mol. The molecule has 0 aliphatic carbocycles. The highest BCUT2D eigenvalue weighted by atomic mass is 79.9. The van der Waals surface area contributed by atoms with Crippen LogP contribution in [0, 0.1) is 0 Å². The first-order valence-electron chi connectivity index (χ1n) is 5.40. The van der Waals surface area contributed by atoms with Crippen LogP contribution in [0.25, 0.3) is 0 Å². The highest BCUT2D eigenvalue weighted by Crippen LogP contribution is 2.24. The van der Waals surface area contributed by atoms with Crippen molar-refractivity contribution in [2.24, 2.45) is 0 Å². The summed E-state index contributed by atoms with van der Waals surface area (Å²) in [5.41, 5.74) is 0.830. The summed E-state index contributed by atoms with van der Waals surface area (Å²) in [6, 6.07) is 6.26. The molecule has 1 heterocycles.